The molecule has 0 aromatic heterocycles. The molecular formula is C19H18N4O5S. The Balaban J connectivity index is 1.71. The third kappa shape index (κ3) is 5.11. The second-order valence-electron chi connectivity index (χ2n) is 6.20. The molecule has 0 saturated heterocycles. The van der Waals surface area contributed by atoms with E-state index in [0.717, 1.165) is 11.1 Å². The summed E-state index contributed by atoms with van der Waals surface area (Å²) < 4.78 is 5.79. The topological polar surface area (TPSA) is 114 Å². The van der Waals surface area contributed by atoms with Gasteiger partial charge >= 0.3 is 0 Å². The third-order valence-corrected chi connectivity index (χ3v) is 5.05. The number of amidine groups is 1. The van der Waals surface area contributed by atoms with Gasteiger partial charge in [0.05, 0.1) is 4.92 Å². The molecule has 1 unspecified atom stereocenters. The Bertz CT molecular complexity index is 977. The third-order valence-electron chi connectivity index (χ3n) is 3.95. The average Bonchev–Trinajstić information content (AvgIpc) is 3.10. The Hall–Kier alpha value is -3.40. The van der Waals surface area contributed by atoms with E-state index in [1.54, 1.807) is 30.3 Å². The van der Waals surface area contributed by atoms with E-state index in [-0.39, 0.29) is 24.1 Å². The van der Waals surface area contributed by atoms with Crippen LogP contribution in [0.2, 0.25) is 0 Å². The maximum absolute atomic E-state index is 11.9. The Kier molecular flexibility index (Phi) is 6.13. The molecule has 1 N–H and O–H groups in total. The number of thioether (sulfide) groups is 1. The van der Waals surface area contributed by atoms with Gasteiger partial charge in [0.1, 0.15) is 17.7 Å². The number of hydrogen-bond donors (Lipinski definition) is 1. The Labute approximate surface area is 170 Å². The van der Waals surface area contributed by atoms with Crippen LogP contribution < -0.4 is 10.1 Å². The summed E-state index contributed by atoms with van der Waals surface area (Å²) in [4.78, 5) is 33.5. The molecule has 2 aromatic carbocycles. The number of hydrogen-bond acceptors (Lipinski definition) is 7. The van der Waals surface area contributed by atoms with Gasteiger partial charge in [-0.25, -0.2) is 5.01 Å². The van der Waals surface area contributed by atoms with Gasteiger partial charge in [-0.1, -0.05) is 23.9 Å². The molecule has 1 aliphatic rings. The normalized spacial score (nSPS) is 15.6. The van der Waals surface area contributed by atoms with Crippen LogP contribution in [0.15, 0.2) is 53.6 Å². The molecule has 9 nitrogen and oxygen atoms in total. The lowest BCUT2D eigenvalue weighted by atomic mass is 10.2. The van der Waals surface area contributed by atoms with E-state index in [9.17, 15) is 19.7 Å². The first-order valence-corrected chi connectivity index (χ1v) is 9.50. The Morgan fingerprint density at radius 3 is 2.59 bits per heavy atom. The zero-order valence-corrected chi connectivity index (χ0v) is 16.5. The molecule has 0 radical (unpaired) electrons. The van der Waals surface area contributed by atoms with Crippen LogP contribution in [0.25, 0.3) is 0 Å². The second-order valence-corrected chi connectivity index (χ2v) is 7.27. The Morgan fingerprint density at radius 1 is 1.24 bits per heavy atom. The van der Waals surface area contributed by atoms with Crippen molar-refractivity contribution in [3.63, 3.8) is 0 Å². The van der Waals surface area contributed by atoms with E-state index in [1.165, 1.54) is 42.8 Å². The molecule has 2 aromatic rings. The van der Waals surface area contributed by atoms with Crippen LogP contribution in [0, 0.1) is 10.1 Å². The zero-order valence-electron chi connectivity index (χ0n) is 15.7. The maximum atomic E-state index is 11.9. The number of rotatable bonds is 5. The number of nitrogens with zero attached hydrogens (tertiary/aromatic N) is 3. The second kappa shape index (κ2) is 8.74. The van der Waals surface area contributed by atoms with Gasteiger partial charge in [-0.3, -0.25) is 19.7 Å². The molecule has 0 spiro atoms. The summed E-state index contributed by atoms with van der Waals surface area (Å²) in [5.41, 5.74) is 1.60. The van der Waals surface area contributed by atoms with Gasteiger partial charge in [0.25, 0.3) is 5.69 Å². The monoisotopic (exact) mass is 414 g/mol. The van der Waals surface area contributed by atoms with Gasteiger partial charge in [0.15, 0.2) is 5.17 Å². The van der Waals surface area contributed by atoms with Crippen molar-refractivity contribution < 1.29 is 19.2 Å². The number of ether oxygens (including phenoxy) is 1. The lowest BCUT2D eigenvalue weighted by Crippen LogP contribution is -2.25. The van der Waals surface area contributed by atoms with Crippen molar-refractivity contribution in [1.82, 2.24) is 10.3 Å². The smallest absolute Gasteiger partial charge is 0.269 e. The van der Waals surface area contributed by atoms with Crippen molar-refractivity contribution in [2.45, 2.75) is 25.8 Å². The van der Waals surface area contributed by atoms with E-state index in [2.05, 4.69) is 10.4 Å². The molecule has 0 fully saturated rings. The molecule has 2 amide bonds. The minimum atomic E-state index is -0.453. The summed E-state index contributed by atoms with van der Waals surface area (Å²) in [5, 5.41) is 18.7. The fraction of sp³-hybridized carbons (Fsp3) is 0.211. The molecule has 1 heterocycles. The van der Waals surface area contributed by atoms with Crippen molar-refractivity contribution in [3.8, 4) is 5.75 Å². The van der Waals surface area contributed by atoms with Crippen LogP contribution in [0.4, 0.5) is 5.69 Å². The molecular weight excluding hydrogens is 396 g/mol. The summed E-state index contributed by atoms with van der Waals surface area (Å²) in [5.74, 6) is 0.0681. The van der Waals surface area contributed by atoms with Crippen LogP contribution in [0.3, 0.4) is 0 Å². The fourth-order valence-electron chi connectivity index (χ4n) is 2.62. The van der Waals surface area contributed by atoms with Gasteiger partial charge in [-0.05, 0) is 35.4 Å². The predicted octanol–water partition coefficient (Wildman–Crippen LogP) is 3.17. The number of hydrazone groups is 1. The molecule has 1 atom stereocenters. The van der Waals surface area contributed by atoms with E-state index in [0.29, 0.717) is 10.9 Å². The van der Waals surface area contributed by atoms with Gasteiger partial charge in [-0.2, -0.15) is 0 Å². The minimum absolute atomic E-state index is 0.0216. The molecule has 29 heavy (non-hydrogen) atoms. The first-order chi connectivity index (χ1) is 13.8. The number of nitro groups is 1. The van der Waals surface area contributed by atoms with Crippen molar-refractivity contribution in [2.24, 2.45) is 5.10 Å². The number of nitrogens with one attached hydrogen (secondary N) is 1. The number of benzene rings is 2. The first kappa shape index (κ1) is 20.3. The SMILES string of the molecule is CC(=O)NC1=NN(C(C)=O)C(c2cccc(OCc3ccc([N+](=O)[O-])cc3)c2)S1. The number of amides is 2. The zero-order chi connectivity index (χ0) is 21.0. The van der Waals surface area contributed by atoms with Crippen molar-refractivity contribution >= 4 is 34.4 Å². The van der Waals surface area contributed by atoms with Gasteiger partial charge in [-0.15, -0.1) is 5.10 Å². The van der Waals surface area contributed by atoms with Crippen molar-refractivity contribution in [3.05, 3.63) is 69.8 Å². The average molecular weight is 414 g/mol. The lowest BCUT2D eigenvalue weighted by molar-refractivity contribution is -0.384. The largest absolute Gasteiger partial charge is 0.489 e. The van der Waals surface area contributed by atoms with Crippen LogP contribution in [0.5, 0.6) is 5.75 Å². The van der Waals surface area contributed by atoms with Gasteiger partial charge in [0.2, 0.25) is 11.8 Å². The van der Waals surface area contributed by atoms with Crippen LogP contribution in [-0.2, 0) is 16.2 Å². The summed E-state index contributed by atoms with van der Waals surface area (Å²) in [6.45, 7) is 3.02. The van der Waals surface area contributed by atoms with Gasteiger partial charge < -0.3 is 10.1 Å². The van der Waals surface area contributed by atoms with Crippen LogP contribution >= 0.6 is 11.8 Å². The number of carbonyl (C=O) groups is 2. The number of nitro benzene ring substituents is 1. The highest BCUT2D eigenvalue weighted by molar-refractivity contribution is 8.14. The van der Waals surface area contributed by atoms with Crippen LogP contribution in [-0.4, -0.2) is 26.9 Å². The molecule has 0 bridgehead atoms. The highest BCUT2D eigenvalue weighted by Gasteiger charge is 2.32. The molecule has 150 valence electrons. The lowest BCUT2D eigenvalue weighted by Gasteiger charge is -2.19. The van der Waals surface area contributed by atoms with Crippen LogP contribution in [0.1, 0.15) is 30.3 Å². The van der Waals surface area contributed by atoms with Crippen molar-refractivity contribution in [2.75, 3.05) is 0 Å². The van der Waals surface area contributed by atoms with Gasteiger partial charge in [0, 0.05) is 26.0 Å². The van der Waals surface area contributed by atoms with E-state index >= 15 is 0 Å². The minimum Gasteiger partial charge on any atom is -0.489 e. The standard InChI is InChI=1S/C19H18N4O5S/c1-12(24)20-19-21-22(13(2)25)18(29-19)15-4-3-5-17(10-15)28-11-14-6-8-16(9-7-14)23(26)27/h3-10,18H,11H2,1-2H3,(H,20,21,24). The van der Waals surface area contributed by atoms with E-state index < -0.39 is 10.3 Å². The highest BCUT2D eigenvalue weighted by atomic mass is 32.2. The molecule has 0 aliphatic carbocycles. The number of carbonyl (C=O) groups excluding carboxylic acids is 2. The number of non-ortho nitro benzene ring substituents is 1. The predicted molar refractivity (Wildman–Crippen MR) is 108 cm³/mol. The fourth-order valence-corrected chi connectivity index (χ4v) is 3.75. The maximum Gasteiger partial charge on any atom is 0.269 e. The summed E-state index contributed by atoms with van der Waals surface area (Å²) in [6, 6.07) is 13.4. The summed E-state index contributed by atoms with van der Waals surface area (Å²) >= 11 is 1.26. The van der Waals surface area contributed by atoms with E-state index in [1.807, 2.05) is 6.07 Å². The molecule has 10 heteroatoms. The molecule has 0 saturated carbocycles. The first-order valence-electron chi connectivity index (χ1n) is 8.62. The Morgan fingerprint density at radius 2 is 1.97 bits per heavy atom. The summed E-state index contributed by atoms with van der Waals surface area (Å²) in [6.07, 6.45) is 0. The summed E-state index contributed by atoms with van der Waals surface area (Å²) in [7, 11) is 0. The molecule has 1 aliphatic heterocycles. The highest BCUT2D eigenvalue weighted by Crippen LogP contribution is 2.39. The van der Waals surface area contributed by atoms with Crippen molar-refractivity contribution in [1.29, 1.82) is 0 Å². The molecule has 3 rings (SSSR count). The van der Waals surface area contributed by atoms with E-state index in [4.69, 9.17) is 4.74 Å². The quantitative estimate of drug-likeness (QED) is 0.594.